The van der Waals surface area contributed by atoms with E-state index in [1.165, 1.54) is 5.56 Å². The minimum Gasteiger partial charge on any atom is -0.379 e. The minimum absolute atomic E-state index is 0.0845. The molecule has 0 aromatic heterocycles. The number of nitrogens with one attached hydrogen (secondary N) is 1. The number of likely N-dealkylation sites (N-methyl/N-ethyl adjacent to an activating group) is 1. The average molecular weight is 262 g/mol. The third-order valence-corrected chi connectivity index (χ3v) is 4.07. The molecule has 1 aliphatic heterocycles. The second-order valence-corrected chi connectivity index (χ2v) is 5.65. The quantitative estimate of drug-likeness (QED) is 0.882. The van der Waals surface area contributed by atoms with Crippen LogP contribution in [0.25, 0.3) is 0 Å². The lowest BCUT2D eigenvalue weighted by atomic mass is 9.86. The predicted molar refractivity (Wildman–Crippen MR) is 79.3 cm³/mol. The van der Waals surface area contributed by atoms with Crippen LogP contribution in [0.3, 0.4) is 0 Å². The van der Waals surface area contributed by atoms with E-state index in [1.54, 1.807) is 0 Å². The van der Waals surface area contributed by atoms with E-state index in [-0.39, 0.29) is 5.54 Å². The Balaban J connectivity index is 2.21. The fraction of sp³-hybridized carbons (Fsp3) is 0.625. The molecule has 2 rings (SSSR count). The number of rotatable bonds is 5. The van der Waals surface area contributed by atoms with Crippen LogP contribution in [0.15, 0.2) is 30.3 Å². The first-order valence-corrected chi connectivity index (χ1v) is 7.27. The molecule has 106 valence electrons. The van der Waals surface area contributed by atoms with Crippen molar-refractivity contribution in [1.82, 2.24) is 10.2 Å². The van der Waals surface area contributed by atoms with Crippen molar-refractivity contribution < 1.29 is 4.74 Å². The van der Waals surface area contributed by atoms with Gasteiger partial charge < -0.3 is 10.1 Å². The maximum absolute atomic E-state index is 5.48. The van der Waals surface area contributed by atoms with Gasteiger partial charge in [0.2, 0.25) is 0 Å². The van der Waals surface area contributed by atoms with Crippen LogP contribution in [0.5, 0.6) is 0 Å². The van der Waals surface area contributed by atoms with Gasteiger partial charge in [-0.3, -0.25) is 4.90 Å². The van der Waals surface area contributed by atoms with Crippen LogP contribution in [0.2, 0.25) is 0 Å². The smallest absolute Gasteiger partial charge is 0.0594 e. The number of hydrogen-bond donors (Lipinski definition) is 1. The van der Waals surface area contributed by atoms with Crippen molar-refractivity contribution in [1.29, 1.82) is 0 Å². The van der Waals surface area contributed by atoms with Gasteiger partial charge in [-0.25, -0.2) is 0 Å². The van der Waals surface area contributed by atoms with E-state index in [9.17, 15) is 0 Å². The zero-order valence-corrected chi connectivity index (χ0v) is 12.4. The standard InChI is InChI=1S/C16H26N2O/c1-4-17-15(14-8-6-5-7-9-14)16(2,3)18-10-12-19-13-11-18/h5-9,15,17H,4,10-13H2,1-3H3. The maximum Gasteiger partial charge on any atom is 0.0594 e. The molecule has 1 aromatic rings. The Bertz CT molecular complexity index is 372. The molecule has 19 heavy (non-hydrogen) atoms. The van der Waals surface area contributed by atoms with Gasteiger partial charge in [0.15, 0.2) is 0 Å². The van der Waals surface area contributed by atoms with Crippen LogP contribution < -0.4 is 5.32 Å². The molecule has 3 heteroatoms. The van der Waals surface area contributed by atoms with Gasteiger partial charge in [0.1, 0.15) is 0 Å². The van der Waals surface area contributed by atoms with Gasteiger partial charge in [-0.15, -0.1) is 0 Å². The first-order valence-electron chi connectivity index (χ1n) is 7.27. The zero-order valence-electron chi connectivity index (χ0n) is 12.4. The van der Waals surface area contributed by atoms with E-state index in [1.807, 2.05) is 0 Å². The van der Waals surface area contributed by atoms with E-state index in [0.29, 0.717) is 6.04 Å². The summed E-state index contributed by atoms with van der Waals surface area (Å²) in [6.45, 7) is 11.5. The van der Waals surface area contributed by atoms with Crippen molar-refractivity contribution in [3.63, 3.8) is 0 Å². The maximum atomic E-state index is 5.48. The molecule has 1 N–H and O–H groups in total. The van der Waals surface area contributed by atoms with Gasteiger partial charge in [-0.1, -0.05) is 37.3 Å². The van der Waals surface area contributed by atoms with Gasteiger partial charge in [-0.2, -0.15) is 0 Å². The van der Waals surface area contributed by atoms with E-state index in [4.69, 9.17) is 4.74 Å². The summed E-state index contributed by atoms with van der Waals surface area (Å²) in [5.74, 6) is 0. The first kappa shape index (κ1) is 14.5. The monoisotopic (exact) mass is 262 g/mol. The van der Waals surface area contributed by atoms with Gasteiger partial charge in [0.25, 0.3) is 0 Å². The summed E-state index contributed by atoms with van der Waals surface area (Å²) < 4.78 is 5.48. The first-order chi connectivity index (χ1) is 9.16. The molecule has 1 heterocycles. The Morgan fingerprint density at radius 1 is 1.21 bits per heavy atom. The summed E-state index contributed by atoms with van der Waals surface area (Å²) in [6.07, 6.45) is 0. The molecule has 1 aromatic carbocycles. The van der Waals surface area contributed by atoms with Crippen molar-refractivity contribution in [2.45, 2.75) is 32.4 Å². The number of benzene rings is 1. The highest BCUT2D eigenvalue weighted by molar-refractivity contribution is 5.22. The number of nitrogens with zero attached hydrogens (tertiary/aromatic N) is 1. The van der Waals surface area contributed by atoms with Crippen molar-refractivity contribution in [2.75, 3.05) is 32.8 Å². The SMILES string of the molecule is CCNC(c1ccccc1)C(C)(C)N1CCOCC1. The molecule has 0 spiro atoms. The number of ether oxygens (including phenoxy) is 1. The Labute approximate surface area is 116 Å². The third-order valence-electron chi connectivity index (χ3n) is 4.07. The molecule has 1 atom stereocenters. The predicted octanol–water partition coefficient (Wildman–Crippen LogP) is 2.45. The van der Waals surface area contributed by atoms with Crippen molar-refractivity contribution in [2.24, 2.45) is 0 Å². The van der Waals surface area contributed by atoms with E-state index in [0.717, 1.165) is 32.8 Å². The molecule has 0 bridgehead atoms. The molecule has 1 saturated heterocycles. The van der Waals surface area contributed by atoms with Crippen molar-refractivity contribution in [3.05, 3.63) is 35.9 Å². The fourth-order valence-corrected chi connectivity index (χ4v) is 2.95. The molecule has 1 unspecified atom stereocenters. The zero-order chi connectivity index (χ0) is 13.7. The van der Waals surface area contributed by atoms with Crippen LogP contribution >= 0.6 is 0 Å². The van der Waals surface area contributed by atoms with E-state index < -0.39 is 0 Å². The fourth-order valence-electron chi connectivity index (χ4n) is 2.95. The molecule has 0 amide bonds. The summed E-state index contributed by atoms with van der Waals surface area (Å²) in [5.41, 5.74) is 1.45. The molecule has 0 radical (unpaired) electrons. The highest BCUT2D eigenvalue weighted by Crippen LogP contribution is 2.31. The highest BCUT2D eigenvalue weighted by atomic mass is 16.5. The van der Waals surface area contributed by atoms with Crippen LogP contribution in [0, 0.1) is 0 Å². The number of hydrogen-bond acceptors (Lipinski definition) is 3. The van der Waals surface area contributed by atoms with Gasteiger partial charge in [-0.05, 0) is 26.0 Å². The second-order valence-electron chi connectivity index (χ2n) is 5.65. The highest BCUT2D eigenvalue weighted by Gasteiger charge is 2.36. The average Bonchev–Trinajstić information content (AvgIpc) is 2.46. The normalized spacial score (nSPS) is 19.3. The summed E-state index contributed by atoms with van der Waals surface area (Å²) >= 11 is 0. The minimum atomic E-state index is 0.0845. The summed E-state index contributed by atoms with van der Waals surface area (Å²) in [5, 5.41) is 3.65. The van der Waals surface area contributed by atoms with Crippen LogP contribution in [-0.4, -0.2) is 43.3 Å². The van der Waals surface area contributed by atoms with Gasteiger partial charge >= 0.3 is 0 Å². The second kappa shape index (κ2) is 6.51. The molecular weight excluding hydrogens is 236 g/mol. The third kappa shape index (κ3) is 3.35. The number of morpholine rings is 1. The summed E-state index contributed by atoms with van der Waals surface area (Å²) in [7, 11) is 0. The van der Waals surface area contributed by atoms with E-state index >= 15 is 0 Å². The molecule has 3 nitrogen and oxygen atoms in total. The summed E-state index contributed by atoms with van der Waals surface area (Å²) in [6, 6.07) is 11.1. The van der Waals surface area contributed by atoms with Gasteiger partial charge in [0.05, 0.1) is 19.3 Å². The summed E-state index contributed by atoms with van der Waals surface area (Å²) in [4.78, 5) is 2.54. The van der Waals surface area contributed by atoms with E-state index in [2.05, 4.69) is 61.3 Å². The Morgan fingerprint density at radius 2 is 1.84 bits per heavy atom. The Hall–Kier alpha value is -0.900. The van der Waals surface area contributed by atoms with Crippen LogP contribution in [0.4, 0.5) is 0 Å². The molecule has 1 fully saturated rings. The molecule has 1 aliphatic rings. The largest absolute Gasteiger partial charge is 0.379 e. The van der Waals surface area contributed by atoms with Gasteiger partial charge in [0, 0.05) is 18.6 Å². The molecule has 0 saturated carbocycles. The topological polar surface area (TPSA) is 24.5 Å². The van der Waals surface area contributed by atoms with Crippen molar-refractivity contribution in [3.8, 4) is 0 Å². The lowest BCUT2D eigenvalue weighted by Gasteiger charge is -2.46. The Morgan fingerprint density at radius 3 is 2.42 bits per heavy atom. The lowest BCUT2D eigenvalue weighted by molar-refractivity contribution is -0.0236. The van der Waals surface area contributed by atoms with Crippen LogP contribution in [-0.2, 0) is 4.74 Å². The molecule has 0 aliphatic carbocycles. The van der Waals surface area contributed by atoms with Crippen molar-refractivity contribution >= 4 is 0 Å². The molecular formula is C16H26N2O. The lowest BCUT2D eigenvalue weighted by Crippen LogP contribution is -2.56. The Kier molecular flexibility index (Phi) is 4.97. The van der Waals surface area contributed by atoms with Crippen LogP contribution in [0.1, 0.15) is 32.4 Å².